The summed E-state index contributed by atoms with van der Waals surface area (Å²) in [6.07, 6.45) is 2.38. The Kier molecular flexibility index (Phi) is 5.13. The third kappa shape index (κ3) is 3.82. The normalized spacial score (nSPS) is 14.3. The topological polar surface area (TPSA) is 24.5 Å². The Morgan fingerprint density at radius 3 is 2.65 bits per heavy atom. The molecule has 0 unspecified atom stereocenters. The predicted molar refractivity (Wildman–Crippen MR) is 91.4 cm³/mol. The molecular formula is C19H23FN2O. The molecule has 1 fully saturated rings. The number of hydrogen-bond acceptors (Lipinski definition) is 3. The molecule has 2 aromatic carbocycles. The maximum absolute atomic E-state index is 14.3. The largest absolute Gasteiger partial charge is 0.497 e. The van der Waals surface area contributed by atoms with Gasteiger partial charge in [0.05, 0.1) is 7.11 Å². The van der Waals surface area contributed by atoms with Gasteiger partial charge >= 0.3 is 0 Å². The monoisotopic (exact) mass is 314 g/mol. The molecule has 0 amide bonds. The molecule has 0 atom stereocenters. The van der Waals surface area contributed by atoms with E-state index >= 15 is 0 Å². The van der Waals surface area contributed by atoms with Gasteiger partial charge in [-0.1, -0.05) is 18.2 Å². The lowest BCUT2D eigenvalue weighted by atomic mass is 10.1. The molecule has 0 bridgehead atoms. The molecule has 0 aromatic heterocycles. The molecule has 1 N–H and O–H groups in total. The van der Waals surface area contributed by atoms with Crippen LogP contribution in [0.15, 0.2) is 42.5 Å². The summed E-state index contributed by atoms with van der Waals surface area (Å²) >= 11 is 0. The third-order valence-electron chi connectivity index (χ3n) is 4.31. The van der Waals surface area contributed by atoms with E-state index in [0.717, 1.165) is 35.7 Å². The van der Waals surface area contributed by atoms with E-state index in [4.69, 9.17) is 4.74 Å². The number of anilines is 1. The minimum atomic E-state index is -0.132. The molecule has 0 aliphatic carbocycles. The number of rotatable bonds is 6. The number of methoxy groups -OCH3 is 1. The molecule has 23 heavy (non-hydrogen) atoms. The van der Waals surface area contributed by atoms with Crippen molar-refractivity contribution in [1.29, 1.82) is 0 Å². The van der Waals surface area contributed by atoms with Crippen molar-refractivity contribution in [3.63, 3.8) is 0 Å². The maximum Gasteiger partial charge on any atom is 0.129 e. The van der Waals surface area contributed by atoms with E-state index in [1.165, 1.54) is 12.8 Å². The molecule has 4 heteroatoms. The summed E-state index contributed by atoms with van der Waals surface area (Å²) < 4.78 is 19.5. The summed E-state index contributed by atoms with van der Waals surface area (Å²) in [6, 6.07) is 13.3. The second-order valence-electron chi connectivity index (χ2n) is 5.89. The van der Waals surface area contributed by atoms with Crippen LogP contribution in [0.2, 0.25) is 0 Å². The van der Waals surface area contributed by atoms with Gasteiger partial charge in [-0.3, -0.25) is 0 Å². The molecule has 0 spiro atoms. The fraction of sp³-hybridized carbons (Fsp3) is 0.368. The highest BCUT2D eigenvalue weighted by Crippen LogP contribution is 2.26. The Morgan fingerprint density at radius 2 is 1.87 bits per heavy atom. The van der Waals surface area contributed by atoms with Crippen LogP contribution in [0.4, 0.5) is 10.1 Å². The van der Waals surface area contributed by atoms with E-state index in [2.05, 4.69) is 10.2 Å². The number of halogens is 1. The second kappa shape index (κ2) is 7.47. The van der Waals surface area contributed by atoms with Gasteiger partial charge in [0.15, 0.2) is 0 Å². The smallest absolute Gasteiger partial charge is 0.129 e. The van der Waals surface area contributed by atoms with Crippen molar-refractivity contribution < 1.29 is 9.13 Å². The number of hydrogen-bond donors (Lipinski definition) is 1. The standard InChI is InChI=1S/C19H23FN2O/c1-23-16-7-4-6-15(12-16)13-21-14-17-18(20)8-5-9-19(17)22-10-2-3-11-22/h4-9,12,21H,2-3,10-11,13-14H2,1H3. The van der Waals surface area contributed by atoms with Crippen LogP contribution < -0.4 is 15.0 Å². The Labute approximate surface area is 137 Å². The lowest BCUT2D eigenvalue weighted by molar-refractivity contribution is 0.414. The molecule has 2 aromatic rings. The second-order valence-corrected chi connectivity index (χ2v) is 5.89. The highest BCUT2D eigenvalue weighted by atomic mass is 19.1. The Hall–Kier alpha value is -2.07. The first kappa shape index (κ1) is 15.8. The van der Waals surface area contributed by atoms with Gasteiger partial charge < -0.3 is 15.0 Å². The minimum absolute atomic E-state index is 0.132. The number of ether oxygens (including phenoxy) is 1. The van der Waals surface area contributed by atoms with E-state index < -0.39 is 0 Å². The summed E-state index contributed by atoms with van der Waals surface area (Å²) in [6.45, 7) is 3.25. The van der Waals surface area contributed by atoms with Gasteiger partial charge in [-0.15, -0.1) is 0 Å². The SMILES string of the molecule is COc1cccc(CNCc2c(F)cccc2N2CCCC2)c1. The van der Waals surface area contributed by atoms with Crippen LogP contribution in [0.3, 0.4) is 0 Å². The summed E-state index contributed by atoms with van der Waals surface area (Å²) in [7, 11) is 1.66. The van der Waals surface area contributed by atoms with Crippen LogP contribution in [-0.2, 0) is 13.1 Å². The van der Waals surface area contributed by atoms with E-state index in [-0.39, 0.29) is 5.82 Å². The van der Waals surface area contributed by atoms with Crippen molar-refractivity contribution in [3.05, 3.63) is 59.4 Å². The lowest BCUT2D eigenvalue weighted by Crippen LogP contribution is -2.22. The average Bonchev–Trinajstić information content (AvgIpc) is 3.11. The summed E-state index contributed by atoms with van der Waals surface area (Å²) in [4.78, 5) is 2.28. The van der Waals surface area contributed by atoms with Crippen molar-refractivity contribution in [3.8, 4) is 5.75 Å². The van der Waals surface area contributed by atoms with Gasteiger partial charge in [0.2, 0.25) is 0 Å². The Bertz CT molecular complexity index is 654. The maximum atomic E-state index is 14.3. The first-order valence-corrected chi connectivity index (χ1v) is 8.14. The van der Waals surface area contributed by atoms with Crippen LogP contribution in [0.25, 0.3) is 0 Å². The van der Waals surface area contributed by atoms with Gasteiger partial charge in [0.1, 0.15) is 11.6 Å². The molecule has 1 saturated heterocycles. The van der Waals surface area contributed by atoms with E-state index in [0.29, 0.717) is 13.1 Å². The number of nitrogens with zero attached hydrogens (tertiary/aromatic N) is 1. The van der Waals surface area contributed by atoms with Crippen molar-refractivity contribution in [2.24, 2.45) is 0 Å². The van der Waals surface area contributed by atoms with Crippen LogP contribution in [0, 0.1) is 5.82 Å². The Balaban J connectivity index is 1.67. The zero-order chi connectivity index (χ0) is 16.1. The molecule has 1 heterocycles. The minimum Gasteiger partial charge on any atom is -0.497 e. The van der Waals surface area contributed by atoms with E-state index in [1.54, 1.807) is 19.2 Å². The zero-order valence-corrected chi connectivity index (χ0v) is 13.5. The first-order chi connectivity index (χ1) is 11.3. The zero-order valence-electron chi connectivity index (χ0n) is 13.5. The van der Waals surface area contributed by atoms with Gasteiger partial charge in [0, 0.05) is 37.4 Å². The summed E-state index contributed by atoms with van der Waals surface area (Å²) in [5.74, 6) is 0.709. The summed E-state index contributed by atoms with van der Waals surface area (Å²) in [5.41, 5.74) is 2.92. The van der Waals surface area contributed by atoms with Crippen molar-refractivity contribution in [1.82, 2.24) is 5.32 Å². The lowest BCUT2D eigenvalue weighted by Gasteiger charge is -2.22. The van der Waals surface area contributed by atoms with E-state index in [9.17, 15) is 4.39 Å². The summed E-state index contributed by atoms with van der Waals surface area (Å²) in [5, 5.41) is 3.35. The van der Waals surface area contributed by atoms with Crippen LogP contribution in [0.5, 0.6) is 5.75 Å². The third-order valence-corrected chi connectivity index (χ3v) is 4.31. The van der Waals surface area contributed by atoms with Crippen LogP contribution in [0.1, 0.15) is 24.0 Å². The highest BCUT2D eigenvalue weighted by Gasteiger charge is 2.17. The molecule has 3 rings (SSSR count). The average molecular weight is 314 g/mol. The van der Waals surface area contributed by atoms with Crippen LogP contribution in [-0.4, -0.2) is 20.2 Å². The van der Waals surface area contributed by atoms with Crippen molar-refractivity contribution in [2.75, 3.05) is 25.1 Å². The quantitative estimate of drug-likeness (QED) is 0.879. The molecule has 0 saturated carbocycles. The predicted octanol–water partition coefficient (Wildman–Crippen LogP) is 3.72. The van der Waals surface area contributed by atoms with Crippen molar-refractivity contribution >= 4 is 5.69 Å². The molecular weight excluding hydrogens is 291 g/mol. The van der Waals surface area contributed by atoms with E-state index in [1.807, 2.05) is 30.3 Å². The van der Waals surface area contributed by atoms with Gasteiger partial charge in [-0.2, -0.15) is 0 Å². The van der Waals surface area contributed by atoms with Gasteiger partial charge in [0.25, 0.3) is 0 Å². The van der Waals surface area contributed by atoms with Crippen molar-refractivity contribution in [2.45, 2.75) is 25.9 Å². The highest BCUT2D eigenvalue weighted by molar-refractivity contribution is 5.54. The molecule has 122 valence electrons. The molecule has 1 aliphatic rings. The molecule has 3 nitrogen and oxygen atoms in total. The fourth-order valence-corrected chi connectivity index (χ4v) is 3.09. The first-order valence-electron chi connectivity index (χ1n) is 8.14. The molecule has 1 aliphatic heterocycles. The van der Waals surface area contributed by atoms with Crippen LogP contribution >= 0.6 is 0 Å². The fourth-order valence-electron chi connectivity index (χ4n) is 3.09. The molecule has 0 radical (unpaired) electrons. The Morgan fingerprint density at radius 1 is 1.09 bits per heavy atom. The van der Waals surface area contributed by atoms with Gasteiger partial charge in [-0.05, 0) is 42.7 Å². The number of nitrogens with one attached hydrogen (secondary N) is 1. The van der Waals surface area contributed by atoms with Gasteiger partial charge in [-0.25, -0.2) is 4.39 Å². The number of benzene rings is 2.